The van der Waals surface area contributed by atoms with Crippen LogP contribution in [0.1, 0.15) is 29.6 Å². The quantitative estimate of drug-likeness (QED) is 0.849. The normalized spacial score (nSPS) is 19.0. The van der Waals surface area contributed by atoms with Crippen LogP contribution in [0.3, 0.4) is 0 Å². The molecule has 2 heterocycles. The molecule has 1 aromatic carbocycles. The maximum absolute atomic E-state index is 12.6. The maximum atomic E-state index is 12.6. The van der Waals surface area contributed by atoms with E-state index in [9.17, 15) is 9.59 Å². The lowest BCUT2D eigenvalue weighted by atomic mass is 9.84. The fourth-order valence-corrected chi connectivity index (χ4v) is 3.21. The van der Waals surface area contributed by atoms with Crippen molar-refractivity contribution in [3.05, 3.63) is 30.2 Å². The summed E-state index contributed by atoms with van der Waals surface area (Å²) in [5.74, 6) is 0.483. The molecule has 2 aromatic rings. The third kappa shape index (κ3) is 2.58. The number of benzene rings is 1. The second-order valence-corrected chi connectivity index (χ2v) is 6.28. The van der Waals surface area contributed by atoms with E-state index in [0.717, 1.165) is 18.4 Å². The van der Waals surface area contributed by atoms with Gasteiger partial charge in [-0.05, 0) is 31.0 Å². The number of fused-ring (bicyclic) bond motifs is 1. The predicted octanol–water partition coefficient (Wildman–Crippen LogP) is 1.91. The SMILES string of the molecule is O=C(c1ccc2ncoc2c1)N1CCN(C(=O)C2CCC2)CC1. The van der Waals surface area contributed by atoms with Crippen LogP contribution >= 0.6 is 0 Å². The third-order valence-electron chi connectivity index (χ3n) is 4.91. The molecule has 1 aliphatic heterocycles. The van der Waals surface area contributed by atoms with Crippen LogP contribution < -0.4 is 0 Å². The van der Waals surface area contributed by atoms with Gasteiger partial charge in [-0.15, -0.1) is 0 Å². The average molecular weight is 313 g/mol. The molecule has 2 aliphatic rings. The van der Waals surface area contributed by atoms with Crippen LogP contribution in [0.5, 0.6) is 0 Å². The molecule has 1 aliphatic carbocycles. The minimum atomic E-state index is -0.0148. The summed E-state index contributed by atoms with van der Waals surface area (Å²) in [6.07, 6.45) is 4.59. The number of rotatable bonds is 2. The van der Waals surface area contributed by atoms with E-state index in [0.29, 0.717) is 37.3 Å². The van der Waals surface area contributed by atoms with Crippen LogP contribution in [-0.2, 0) is 4.79 Å². The molecule has 6 heteroatoms. The average Bonchev–Trinajstić information content (AvgIpc) is 3.00. The molecule has 6 nitrogen and oxygen atoms in total. The number of amides is 2. The largest absolute Gasteiger partial charge is 0.443 e. The first-order valence-electron chi connectivity index (χ1n) is 8.14. The molecule has 0 radical (unpaired) electrons. The molecule has 120 valence electrons. The maximum Gasteiger partial charge on any atom is 0.254 e. The van der Waals surface area contributed by atoms with Crippen molar-refractivity contribution in [3.63, 3.8) is 0 Å². The van der Waals surface area contributed by atoms with Crippen LogP contribution in [0.25, 0.3) is 11.1 Å². The first kappa shape index (κ1) is 14.2. The number of nitrogens with zero attached hydrogens (tertiary/aromatic N) is 3. The van der Waals surface area contributed by atoms with Gasteiger partial charge in [0.1, 0.15) is 5.52 Å². The van der Waals surface area contributed by atoms with E-state index in [2.05, 4.69) is 4.98 Å². The highest BCUT2D eigenvalue weighted by Crippen LogP contribution is 2.28. The number of hydrogen-bond acceptors (Lipinski definition) is 4. The fraction of sp³-hybridized carbons (Fsp3) is 0.471. The van der Waals surface area contributed by atoms with Crippen LogP contribution in [0.2, 0.25) is 0 Å². The fourth-order valence-electron chi connectivity index (χ4n) is 3.21. The van der Waals surface area contributed by atoms with Gasteiger partial charge in [-0.2, -0.15) is 0 Å². The lowest BCUT2D eigenvalue weighted by Gasteiger charge is -2.38. The Labute approximate surface area is 134 Å². The number of carbonyl (C=O) groups excluding carboxylic acids is 2. The Morgan fingerprint density at radius 1 is 1.09 bits per heavy atom. The Morgan fingerprint density at radius 3 is 2.52 bits per heavy atom. The molecule has 0 atom stereocenters. The van der Waals surface area contributed by atoms with Gasteiger partial charge in [0.15, 0.2) is 12.0 Å². The van der Waals surface area contributed by atoms with Crippen molar-refractivity contribution in [2.24, 2.45) is 5.92 Å². The molecular weight excluding hydrogens is 294 g/mol. The van der Waals surface area contributed by atoms with Crippen molar-refractivity contribution < 1.29 is 14.0 Å². The zero-order chi connectivity index (χ0) is 15.8. The van der Waals surface area contributed by atoms with Crippen molar-refractivity contribution in [3.8, 4) is 0 Å². The van der Waals surface area contributed by atoms with Crippen molar-refractivity contribution in [2.75, 3.05) is 26.2 Å². The van der Waals surface area contributed by atoms with E-state index >= 15 is 0 Å². The first-order chi connectivity index (χ1) is 11.2. The second-order valence-electron chi connectivity index (χ2n) is 6.28. The number of piperazine rings is 1. The summed E-state index contributed by atoms with van der Waals surface area (Å²) in [4.78, 5) is 32.6. The van der Waals surface area contributed by atoms with E-state index in [1.165, 1.54) is 12.8 Å². The van der Waals surface area contributed by atoms with Gasteiger partial charge in [0, 0.05) is 37.7 Å². The first-order valence-corrected chi connectivity index (χ1v) is 8.14. The number of hydrogen-bond donors (Lipinski definition) is 0. The second kappa shape index (κ2) is 5.68. The molecular formula is C17H19N3O3. The highest BCUT2D eigenvalue weighted by atomic mass is 16.3. The summed E-state index contributed by atoms with van der Waals surface area (Å²) >= 11 is 0. The van der Waals surface area contributed by atoms with Gasteiger partial charge in [-0.25, -0.2) is 4.98 Å². The van der Waals surface area contributed by atoms with E-state index in [-0.39, 0.29) is 17.7 Å². The zero-order valence-electron chi connectivity index (χ0n) is 12.9. The summed E-state index contributed by atoms with van der Waals surface area (Å²) in [5, 5.41) is 0. The molecule has 2 fully saturated rings. The standard InChI is InChI=1S/C17H19N3O3/c21-16(12-2-1-3-12)19-6-8-20(9-7-19)17(22)13-4-5-14-15(10-13)23-11-18-14/h4-5,10-12H,1-3,6-9H2. The molecule has 0 N–H and O–H groups in total. The molecule has 2 amide bonds. The summed E-state index contributed by atoms with van der Waals surface area (Å²) in [5.41, 5.74) is 1.97. The van der Waals surface area contributed by atoms with Crippen LogP contribution in [-0.4, -0.2) is 52.8 Å². The summed E-state index contributed by atoms with van der Waals surface area (Å²) < 4.78 is 5.25. The molecule has 0 unspecified atom stereocenters. The van der Waals surface area contributed by atoms with Crippen molar-refractivity contribution in [2.45, 2.75) is 19.3 Å². The molecule has 0 spiro atoms. The number of carbonyl (C=O) groups is 2. The molecule has 0 bridgehead atoms. The third-order valence-corrected chi connectivity index (χ3v) is 4.91. The summed E-state index contributed by atoms with van der Waals surface area (Å²) in [6, 6.07) is 5.30. The molecule has 1 saturated heterocycles. The predicted molar refractivity (Wildman–Crippen MR) is 83.8 cm³/mol. The Morgan fingerprint density at radius 2 is 1.83 bits per heavy atom. The number of aromatic nitrogens is 1. The number of oxazole rings is 1. The van der Waals surface area contributed by atoms with E-state index in [4.69, 9.17) is 4.42 Å². The Balaban J connectivity index is 1.41. The summed E-state index contributed by atoms with van der Waals surface area (Å²) in [7, 11) is 0. The van der Waals surface area contributed by atoms with Gasteiger partial charge in [0.25, 0.3) is 5.91 Å². The molecule has 1 aromatic heterocycles. The van der Waals surface area contributed by atoms with Gasteiger partial charge >= 0.3 is 0 Å². The van der Waals surface area contributed by atoms with Crippen LogP contribution in [0.4, 0.5) is 0 Å². The van der Waals surface area contributed by atoms with Crippen molar-refractivity contribution in [1.82, 2.24) is 14.8 Å². The smallest absolute Gasteiger partial charge is 0.254 e. The lowest BCUT2D eigenvalue weighted by Crippen LogP contribution is -2.52. The Hall–Kier alpha value is -2.37. The monoisotopic (exact) mass is 313 g/mol. The van der Waals surface area contributed by atoms with E-state index in [1.54, 1.807) is 18.2 Å². The molecule has 1 saturated carbocycles. The zero-order valence-corrected chi connectivity index (χ0v) is 12.9. The van der Waals surface area contributed by atoms with Crippen LogP contribution in [0, 0.1) is 5.92 Å². The highest BCUT2D eigenvalue weighted by molar-refractivity contribution is 5.97. The highest BCUT2D eigenvalue weighted by Gasteiger charge is 2.32. The van der Waals surface area contributed by atoms with Gasteiger partial charge in [-0.3, -0.25) is 9.59 Å². The molecule has 23 heavy (non-hydrogen) atoms. The lowest BCUT2D eigenvalue weighted by molar-refractivity contribution is -0.139. The van der Waals surface area contributed by atoms with Crippen LogP contribution in [0.15, 0.2) is 29.0 Å². The Kier molecular flexibility index (Phi) is 3.52. The van der Waals surface area contributed by atoms with Gasteiger partial charge in [0.2, 0.25) is 5.91 Å². The van der Waals surface area contributed by atoms with E-state index < -0.39 is 0 Å². The van der Waals surface area contributed by atoms with Crippen molar-refractivity contribution >= 4 is 22.9 Å². The van der Waals surface area contributed by atoms with Gasteiger partial charge < -0.3 is 14.2 Å². The minimum absolute atomic E-state index is 0.0148. The molecule has 4 rings (SSSR count). The van der Waals surface area contributed by atoms with E-state index in [1.807, 2.05) is 9.80 Å². The topological polar surface area (TPSA) is 66.7 Å². The van der Waals surface area contributed by atoms with Gasteiger partial charge in [-0.1, -0.05) is 6.42 Å². The summed E-state index contributed by atoms with van der Waals surface area (Å²) in [6.45, 7) is 2.44. The van der Waals surface area contributed by atoms with Gasteiger partial charge in [0.05, 0.1) is 0 Å². The minimum Gasteiger partial charge on any atom is -0.443 e. The Bertz CT molecular complexity index is 742. The van der Waals surface area contributed by atoms with Crippen molar-refractivity contribution in [1.29, 1.82) is 0 Å².